The molecule has 0 aliphatic carbocycles. The van der Waals surface area contributed by atoms with Gasteiger partial charge < -0.3 is 19.3 Å². The van der Waals surface area contributed by atoms with E-state index in [1.807, 2.05) is 6.92 Å². The number of hydrogen-bond acceptors (Lipinski definition) is 8. The van der Waals surface area contributed by atoms with Gasteiger partial charge in [0.15, 0.2) is 15.8 Å². The Bertz CT molecular complexity index is 1130. The maximum Gasteiger partial charge on any atom is 0.306 e. The number of amides is 2. The fourth-order valence-corrected chi connectivity index (χ4v) is 4.05. The highest BCUT2D eigenvalue weighted by atomic mass is 32.2. The zero-order chi connectivity index (χ0) is 24.7. The van der Waals surface area contributed by atoms with Crippen LogP contribution in [0.15, 0.2) is 47.4 Å². The van der Waals surface area contributed by atoms with Gasteiger partial charge in [0.05, 0.1) is 31.6 Å². The number of rotatable bonds is 10. The van der Waals surface area contributed by atoms with Crippen LogP contribution in [0.4, 0.5) is 0 Å². The number of nitrogens with one attached hydrogen (secondary N) is 1. The number of ether oxygens (including phenoxy) is 3. The average molecular weight is 503 g/mol. The summed E-state index contributed by atoms with van der Waals surface area (Å²) in [7, 11) is 1.53. The summed E-state index contributed by atoms with van der Waals surface area (Å²) in [6.07, 6.45) is 1.49. The molecule has 34 heavy (non-hydrogen) atoms. The first kappa shape index (κ1) is 25.1. The van der Waals surface area contributed by atoms with E-state index in [0.717, 1.165) is 16.8 Å². The van der Waals surface area contributed by atoms with Crippen LogP contribution in [0, 0.1) is 0 Å². The molecule has 178 valence electrons. The fraction of sp³-hybridized carbons (Fsp3) is 0.217. The molecule has 1 fully saturated rings. The second kappa shape index (κ2) is 11.5. The normalized spacial score (nSPS) is 14.3. The second-order valence-corrected chi connectivity index (χ2v) is 8.49. The predicted octanol–water partition coefficient (Wildman–Crippen LogP) is 3.49. The number of nitrogens with zero attached hydrogens (tertiary/aromatic N) is 1. The van der Waals surface area contributed by atoms with Crippen molar-refractivity contribution in [3.05, 3.63) is 58.5 Å². The van der Waals surface area contributed by atoms with Gasteiger partial charge in [-0.25, -0.2) is 0 Å². The molecule has 0 atom stereocenters. The number of benzene rings is 2. The Balaban J connectivity index is 1.73. The zero-order valence-corrected chi connectivity index (χ0v) is 20.0. The number of aliphatic carboxylic acids is 1. The van der Waals surface area contributed by atoms with E-state index in [1.54, 1.807) is 48.5 Å². The van der Waals surface area contributed by atoms with Gasteiger partial charge in [-0.05, 0) is 67.2 Å². The topological polar surface area (TPSA) is 114 Å². The van der Waals surface area contributed by atoms with Gasteiger partial charge in [-0.15, -0.1) is 0 Å². The van der Waals surface area contributed by atoms with Crippen LogP contribution in [-0.2, 0) is 9.59 Å². The van der Waals surface area contributed by atoms with Crippen molar-refractivity contribution in [3.8, 4) is 17.2 Å². The number of methoxy groups -OCH3 is 1. The van der Waals surface area contributed by atoms with E-state index in [-0.39, 0.29) is 17.3 Å². The minimum Gasteiger partial charge on any atom is -0.497 e. The highest BCUT2D eigenvalue weighted by Gasteiger charge is 2.33. The van der Waals surface area contributed by atoms with Gasteiger partial charge >= 0.3 is 5.97 Å². The third kappa shape index (κ3) is 6.27. The molecule has 0 unspecified atom stereocenters. The number of carboxylic acid groups (broad SMARTS) is 1. The van der Waals surface area contributed by atoms with Crippen LogP contribution in [0.25, 0.3) is 6.08 Å². The van der Waals surface area contributed by atoms with E-state index in [2.05, 4.69) is 5.43 Å². The van der Waals surface area contributed by atoms with Gasteiger partial charge in [0, 0.05) is 5.56 Å². The minimum absolute atomic E-state index is 0.00129. The maximum atomic E-state index is 12.9. The third-order valence-electron chi connectivity index (χ3n) is 4.50. The summed E-state index contributed by atoms with van der Waals surface area (Å²) < 4.78 is 16.4. The highest BCUT2D eigenvalue weighted by Crippen LogP contribution is 2.34. The van der Waals surface area contributed by atoms with E-state index in [0.29, 0.717) is 39.9 Å². The molecule has 1 saturated heterocycles. The molecule has 3 rings (SSSR count). The predicted molar refractivity (Wildman–Crippen MR) is 131 cm³/mol. The lowest BCUT2D eigenvalue weighted by molar-refractivity contribution is -0.137. The molecular weight excluding hydrogens is 480 g/mol. The number of hydrazine groups is 1. The first-order valence-corrected chi connectivity index (χ1v) is 11.4. The van der Waals surface area contributed by atoms with Crippen molar-refractivity contribution >= 4 is 52.2 Å². The summed E-state index contributed by atoms with van der Waals surface area (Å²) in [5.74, 6) is -0.478. The van der Waals surface area contributed by atoms with Crippen LogP contribution in [-0.4, -0.2) is 52.5 Å². The van der Waals surface area contributed by atoms with Gasteiger partial charge in [0.1, 0.15) is 5.75 Å². The van der Waals surface area contributed by atoms with Crippen molar-refractivity contribution in [1.29, 1.82) is 0 Å². The van der Waals surface area contributed by atoms with Gasteiger partial charge in [0.25, 0.3) is 11.8 Å². The molecule has 0 saturated carbocycles. The van der Waals surface area contributed by atoms with Crippen LogP contribution in [0.3, 0.4) is 0 Å². The first-order chi connectivity index (χ1) is 16.3. The summed E-state index contributed by atoms with van der Waals surface area (Å²) in [5, 5.41) is 9.81. The molecule has 11 heteroatoms. The standard InChI is InChI=1S/C23H22N2O7S2/c1-3-31-18-12-14(4-9-17(18)32-11-10-20(26)27)13-19-22(29)25(23(33)34-19)24-21(28)15-5-7-16(30-2)8-6-15/h4-9,12-13H,3,10-11H2,1-2H3,(H,24,28)(H,26,27)/b19-13+. The lowest BCUT2D eigenvalue weighted by Crippen LogP contribution is -2.44. The summed E-state index contributed by atoms with van der Waals surface area (Å²) >= 11 is 6.33. The molecule has 0 radical (unpaired) electrons. The molecule has 0 aromatic heterocycles. The van der Waals surface area contributed by atoms with Gasteiger partial charge in [-0.3, -0.25) is 19.8 Å². The molecule has 2 N–H and O–H groups in total. The Morgan fingerprint density at radius 1 is 1.15 bits per heavy atom. The van der Waals surface area contributed by atoms with Crippen LogP contribution in [0.2, 0.25) is 0 Å². The van der Waals surface area contributed by atoms with Crippen LogP contribution < -0.4 is 19.6 Å². The summed E-state index contributed by atoms with van der Waals surface area (Å²) in [6, 6.07) is 11.5. The van der Waals surface area contributed by atoms with E-state index < -0.39 is 17.8 Å². The van der Waals surface area contributed by atoms with Crippen molar-refractivity contribution < 1.29 is 33.7 Å². The molecular formula is C23H22N2O7S2. The highest BCUT2D eigenvalue weighted by molar-refractivity contribution is 8.26. The number of carbonyl (C=O) groups excluding carboxylic acids is 2. The molecule has 0 bridgehead atoms. The second-order valence-electron chi connectivity index (χ2n) is 6.82. The van der Waals surface area contributed by atoms with Crippen molar-refractivity contribution in [2.24, 2.45) is 0 Å². The number of thioether (sulfide) groups is 1. The van der Waals surface area contributed by atoms with Gasteiger partial charge in [-0.2, -0.15) is 5.01 Å². The smallest absolute Gasteiger partial charge is 0.306 e. The lowest BCUT2D eigenvalue weighted by Gasteiger charge is -2.15. The Labute approximate surface area is 205 Å². The molecule has 1 aliphatic heterocycles. The zero-order valence-electron chi connectivity index (χ0n) is 18.4. The quantitative estimate of drug-likeness (QED) is 0.372. The SMILES string of the molecule is CCOc1cc(/C=C2/SC(=S)N(NC(=O)c3ccc(OC)cc3)C2=O)ccc1OCCC(=O)O. The molecule has 0 spiro atoms. The molecule has 9 nitrogen and oxygen atoms in total. The minimum atomic E-state index is -0.962. The number of carbonyl (C=O) groups is 3. The third-order valence-corrected chi connectivity index (χ3v) is 5.80. The van der Waals surface area contributed by atoms with Gasteiger partial charge in [-0.1, -0.05) is 17.8 Å². The van der Waals surface area contributed by atoms with Crippen LogP contribution in [0.5, 0.6) is 17.2 Å². The van der Waals surface area contributed by atoms with Crippen molar-refractivity contribution in [3.63, 3.8) is 0 Å². The Hall–Kier alpha value is -3.57. The van der Waals surface area contributed by atoms with E-state index in [1.165, 1.54) is 7.11 Å². The average Bonchev–Trinajstić information content (AvgIpc) is 3.07. The number of thiocarbonyl (C=S) groups is 1. The van der Waals surface area contributed by atoms with Crippen molar-refractivity contribution in [2.75, 3.05) is 20.3 Å². The summed E-state index contributed by atoms with van der Waals surface area (Å²) in [6.45, 7) is 2.18. The molecule has 1 heterocycles. The van der Waals surface area contributed by atoms with Crippen molar-refractivity contribution in [1.82, 2.24) is 10.4 Å². The lowest BCUT2D eigenvalue weighted by atomic mass is 10.2. The Morgan fingerprint density at radius 2 is 1.88 bits per heavy atom. The first-order valence-electron chi connectivity index (χ1n) is 10.2. The van der Waals surface area contributed by atoms with Gasteiger partial charge in [0.2, 0.25) is 0 Å². The molecule has 1 aliphatic rings. The fourth-order valence-electron chi connectivity index (χ4n) is 2.87. The van der Waals surface area contributed by atoms with Crippen molar-refractivity contribution in [2.45, 2.75) is 13.3 Å². The molecule has 2 aromatic rings. The van der Waals surface area contributed by atoms with E-state index >= 15 is 0 Å². The number of carboxylic acids is 1. The largest absolute Gasteiger partial charge is 0.497 e. The van der Waals surface area contributed by atoms with E-state index in [9.17, 15) is 14.4 Å². The van der Waals surface area contributed by atoms with E-state index in [4.69, 9.17) is 31.5 Å². The summed E-state index contributed by atoms with van der Waals surface area (Å²) in [4.78, 5) is 36.4. The van der Waals surface area contributed by atoms with Crippen LogP contribution >= 0.6 is 24.0 Å². The molecule has 2 amide bonds. The molecule has 2 aromatic carbocycles. The summed E-state index contributed by atoms with van der Waals surface area (Å²) in [5.41, 5.74) is 3.52. The van der Waals surface area contributed by atoms with Crippen LogP contribution in [0.1, 0.15) is 29.3 Å². The Morgan fingerprint density at radius 3 is 2.53 bits per heavy atom. The Kier molecular flexibility index (Phi) is 8.50. The number of hydrogen-bond donors (Lipinski definition) is 2. The maximum absolute atomic E-state index is 12.9. The monoisotopic (exact) mass is 502 g/mol.